The van der Waals surface area contributed by atoms with Gasteiger partial charge in [-0.1, -0.05) is 75.4 Å². The van der Waals surface area contributed by atoms with E-state index in [2.05, 4.69) is 72.3 Å². The van der Waals surface area contributed by atoms with Gasteiger partial charge in [0.25, 0.3) is 0 Å². The number of aryl methyl sites for hydroxylation is 2. The van der Waals surface area contributed by atoms with Crippen LogP contribution in [0.25, 0.3) is 0 Å². The molecule has 3 heteroatoms. The largest absolute Gasteiger partial charge is 0.310 e. The molecule has 1 heterocycles. The van der Waals surface area contributed by atoms with E-state index < -0.39 is 0 Å². The molecule has 158 valence electrons. The number of nitrogens with zero attached hydrogens (tertiary/aromatic N) is 2. The lowest BCUT2D eigenvalue weighted by molar-refractivity contribution is 0.717. The van der Waals surface area contributed by atoms with Gasteiger partial charge in [-0.05, 0) is 73.2 Å². The second-order valence-electron chi connectivity index (χ2n) is 7.92. The number of hydrogen-bond donors (Lipinski definition) is 0. The maximum Gasteiger partial charge on any atom is 0.131 e. The fraction of sp³-hybridized carbons (Fsp3) is 0.370. The first-order chi connectivity index (χ1) is 14.7. The molecule has 2 nitrogen and oxygen atoms in total. The summed E-state index contributed by atoms with van der Waals surface area (Å²) in [5.74, 6) is 0. The third-order valence-corrected chi connectivity index (χ3v) is 5.70. The van der Waals surface area contributed by atoms with E-state index in [0.717, 1.165) is 29.9 Å². The van der Waals surface area contributed by atoms with Gasteiger partial charge in [-0.2, -0.15) is 0 Å². The summed E-state index contributed by atoms with van der Waals surface area (Å²) < 4.78 is 0. The first-order valence-corrected chi connectivity index (χ1v) is 11.7. The van der Waals surface area contributed by atoms with Crippen LogP contribution in [0, 0.1) is 0 Å². The Morgan fingerprint density at radius 3 is 1.60 bits per heavy atom. The fourth-order valence-electron chi connectivity index (χ4n) is 3.76. The number of aromatic nitrogens is 1. The van der Waals surface area contributed by atoms with Crippen LogP contribution >= 0.6 is 11.6 Å². The highest BCUT2D eigenvalue weighted by molar-refractivity contribution is 6.29. The van der Waals surface area contributed by atoms with Gasteiger partial charge in [0.1, 0.15) is 5.15 Å². The molecule has 0 radical (unpaired) electrons. The smallest absolute Gasteiger partial charge is 0.131 e. The summed E-state index contributed by atoms with van der Waals surface area (Å²) in [6, 6.07) is 21.8. The summed E-state index contributed by atoms with van der Waals surface area (Å²) >= 11 is 6.22. The van der Waals surface area contributed by atoms with E-state index in [-0.39, 0.29) is 0 Å². The molecular weight excluding hydrogens is 388 g/mol. The van der Waals surface area contributed by atoms with E-state index in [4.69, 9.17) is 11.6 Å². The molecule has 3 rings (SSSR count). The summed E-state index contributed by atoms with van der Waals surface area (Å²) in [5.41, 5.74) is 6.08. The van der Waals surface area contributed by atoms with Crippen molar-refractivity contribution in [2.24, 2.45) is 0 Å². The molecule has 0 aliphatic carbocycles. The average Bonchev–Trinajstić information content (AvgIpc) is 2.77. The number of hydrogen-bond acceptors (Lipinski definition) is 2. The Bertz CT molecular complexity index is 834. The summed E-state index contributed by atoms with van der Waals surface area (Å²) in [6.45, 7) is 4.49. The van der Waals surface area contributed by atoms with E-state index in [1.165, 1.54) is 49.7 Å². The second kappa shape index (κ2) is 11.8. The predicted octanol–water partition coefficient (Wildman–Crippen LogP) is 8.67. The normalized spacial score (nSPS) is 10.9. The van der Waals surface area contributed by atoms with Crippen LogP contribution in [0.15, 0.2) is 66.9 Å². The number of unbranched alkanes of at least 4 members (excludes halogenated alkanes) is 4. The third-order valence-electron chi connectivity index (χ3n) is 5.50. The molecule has 0 atom stereocenters. The Kier molecular flexibility index (Phi) is 8.77. The molecule has 0 aliphatic heterocycles. The van der Waals surface area contributed by atoms with Crippen LogP contribution in [0.4, 0.5) is 17.1 Å². The molecule has 30 heavy (non-hydrogen) atoms. The van der Waals surface area contributed by atoms with E-state index in [1.807, 2.05) is 12.1 Å². The van der Waals surface area contributed by atoms with Gasteiger partial charge in [0.2, 0.25) is 0 Å². The number of pyridine rings is 1. The van der Waals surface area contributed by atoms with Gasteiger partial charge >= 0.3 is 0 Å². The zero-order chi connectivity index (χ0) is 21.2. The van der Waals surface area contributed by atoms with Crippen molar-refractivity contribution in [1.82, 2.24) is 4.98 Å². The van der Waals surface area contributed by atoms with Gasteiger partial charge in [0.15, 0.2) is 0 Å². The SMILES string of the molecule is CCCCCc1ccc(N(c2ccc(CCCCC)cc2)c2ccnc(Cl)c2)cc1. The Hall–Kier alpha value is -2.32. The standard InChI is InChI=1S/C27H33ClN2/c1-3-5-7-9-22-11-15-24(16-12-22)30(26-19-20-29-27(28)21-26)25-17-13-23(14-18-25)10-8-6-4-2/h11-21H,3-10H2,1-2H3. The topological polar surface area (TPSA) is 16.1 Å². The lowest BCUT2D eigenvalue weighted by Gasteiger charge is -2.26. The molecule has 0 N–H and O–H groups in total. The van der Waals surface area contributed by atoms with Gasteiger partial charge in [0, 0.05) is 17.6 Å². The molecule has 0 amide bonds. The number of halogens is 1. The molecule has 0 spiro atoms. The van der Waals surface area contributed by atoms with Crippen LogP contribution in [0.5, 0.6) is 0 Å². The van der Waals surface area contributed by atoms with Crippen LogP contribution in [-0.4, -0.2) is 4.98 Å². The first kappa shape index (κ1) is 22.4. The molecule has 0 aliphatic rings. The third kappa shape index (κ3) is 6.34. The summed E-state index contributed by atoms with van der Waals surface area (Å²) in [6.07, 6.45) is 11.6. The minimum absolute atomic E-state index is 0.505. The molecule has 2 aromatic carbocycles. The highest BCUT2D eigenvalue weighted by Crippen LogP contribution is 2.35. The molecule has 0 saturated heterocycles. The Morgan fingerprint density at radius 2 is 1.17 bits per heavy atom. The molecule has 3 aromatic rings. The minimum Gasteiger partial charge on any atom is -0.310 e. The van der Waals surface area contributed by atoms with Gasteiger partial charge < -0.3 is 4.90 Å². The predicted molar refractivity (Wildman–Crippen MR) is 130 cm³/mol. The fourth-order valence-corrected chi connectivity index (χ4v) is 3.93. The molecule has 0 unspecified atom stereocenters. The van der Waals surface area contributed by atoms with Crippen molar-refractivity contribution in [2.75, 3.05) is 4.90 Å². The Morgan fingerprint density at radius 1 is 0.667 bits per heavy atom. The van der Waals surface area contributed by atoms with E-state index >= 15 is 0 Å². The Labute approximate surface area is 186 Å². The zero-order valence-corrected chi connectivity index (χ0v) is 19.0. The summed E-state index contributed by atoms with van der Waals surface area (Å²) in [5, 5.41) is 0.505. The Balaban J connectivity index is 1.86. The minimum atomic E-state index is 0.505. The molecule has 0 saturated carbocycles. The molecule has 1 aromatic heterocycles. The van der Waals surface area contributed by atoms with Gasteiger partial charge in [-0.25, -0.2) is 4.98 Å². The van der Waals surface area contributed by atoms with Crippen LogP contribution in [-0.2, 0) is 12.8 Å². The monoisotopic (exact) mass is 420 g/mol. The number of benzene rings is 2. The maximum atomic E-state index is 6.22. The van der Waals surface area contributed by atoms with Gasteiger partial charge in [0.05, 0.1) is 5.69 Å². The van der Waals surface area contributed by atoms with E-state index in [9.17, 15) is 0 Å². The average molecular weight is 421 g/mol. The van der Waals surface area contributed by atoms with Gasteiger partial charge in [-0.15, -0.1) is 0 Å². The molecule has 0 bridgehead atoms. The van der Waals surface area contributed by atoms with Crippen molar-refractivity contribution in [3.63, 3.8) is 0 Å². The van der Waals surface area contributed by atoms with Crippen LogP contribution in [0.2, 0.25) is 5.15 Å². The van der Waals surface area contributed by atoms with Crippen molar-refractivity contribution in [1.29, 1.82) is 0 Å². The highest BCUT2D eigenvalue weighted by Gasteiger charge is 2.13. The zero-order valence-electron chi connectivity index (χ0n) is 18.3. The van der Waals surface area contributed by atoms with Crippen molar-refractivity contribution < 1.29 is 0 Å². The first-order valence-electron chi connectivity index (χ1n) is 11.3. The van der Waals surface area contributed by atoms with Crippen LogP contribution in [0.1, 0.15) is 63.5 Å². The van der Waals surface area contributed by atoms with Crippen LogP contribution in [0.3, 0.4) is 0 Å². The second-order valence-corrected chi connectivity index (χ2v) is 8.31. The van der Waals surface area contributed by atoms with Crippen molar-refractivity contribution >= 4 is 28.7 Å². The number of anilines is 3. The van der Waals surface area contributed by atoms with Crippen molar-refractivity contribution in [3.8, 4) is 0 Å². The lowest BCUT2D eigenvalue weighted by Crippen LogP contribution is -2.10. The van der Waals surface area contributed by atoms with Gasteiger partial charge in [-0.3, -0.25) is 0 Å². The summed E-state index contributed by atoms with van der Waals surface area (Å²) in [4.78, 5) is 6.41. The van der Waals surface area contributed by atoms with Crippen molar-refractivity contribution in [3.05, 3.63) is 83.1 Å². The molecular formula is C27H33ClN2. The van der Waals surface area contributed by atoms with Crippen molar-refractivity contribution in [2.45, 2.75) is 65.2 Å². The van der Waals surface area contributed by atoms with Crippen LogP contribution < -0.4 is 4.90 Å². The number of rotatable bonds is 11. The van der Waals surface area contributed by atoms with E-state index in [0.29, 0.717) is 5.15 Å². The van der Waals surface area contributed by atoms with E-state index in [1.54, 1.807) is 6.20 Å². The maximum absolute atomic E-state index is 6.22. The lowest BCUT2D eigenvalue weighted by atomic mass is 10.1. The molecule has 0 fully saturated rings. The summed E-state index contributed by atoms with van der Waals surface area (Å²) in [7, 11) is 0. The highest BCUT2D eigenvalue weighted by atomic mass is 35.5. The quantitative estimate of drug-likeness (QED) is 0.228.